The molecular weight excluding hydrogens is 284 g/mol. The maximum atomic E-state index is 6.08. The van der Waals surface area contributed by atoms with E-state index < -0.39 is 0 Å². The summed E-state index contributed by atoms with van der Waals surface area (Å²) in [6, 6.07) is 13.7. The third-order valence-corrected chi connectivity index (χ3v) is 3.72. The highest BCUT2D eigenvalue weighted by Crippen LogP contribution is 2.38. The number of nitrogen functional groups attached to an aromatic ring is 1. The van der Waals surface area contributed by atoms with Crippen molar-refractivity contribution >= 4 is 17.5 Å². The molecule has 1 aromatic heterocycles. The molecule has 2 N–H and O–H groups in total. The van der Waals surface area contributed by atoms with Gasteiger partial charge in [-0.2, -0.15) is 0 Å². The van der Waals surface area contributed by atoms with Crippen molar-refractivity contribution in [3.8, 4) is 22.4 Å². The third-order valence-electron chi connectivity index (χ3n) is 3.48. The Labute approximate surface area is 128 Å². The van der Waals surface area contributed by atoms with Crippen molar-refractivity contribution < 1.29 is 4.52 Å². The van der Waals surface area contributed by atoms with Gasteiger partial charge in [-0.25, -0.2) is 0 Å². The van der Waals surface area contributed by atoms with Gasteiger partial charge in [-0.05, 0) is 43.2 Å². The Hall–Kier alpha value is -2.26. The third kappa shape index (κ3) is 2.52. The first-order chi connectivity index (χ1) is 10.1. The van der Waals surface area contributed by atoms with Crippen molar-refractivity contribution in [1.29, 1.82) is 0 Å². The Morgan fingerprint density at radius 1 is 1.10 bits per heavy atom. The lowest BCUT2D eigenvalue weighted by Gasteiger charge is -2.07. The first-order valence-corrected chi connectivity index (χ1v) is 7.03. The van der Waals surface area contributed by atoms with Gasteiger partial charge in [0.25, 0.3) is 0 Å². The standard InChI is InChI=1S/C17H15ClN2O/c1-10-6-7-11(2)14(8-10)16-15(17(19)21-20-16)12-4-3-5-13(18)9-12/h3-9H,19H2,1-2H3. The molecule has 21 heavy (non-hydrogen) atoms. The monoisotopic (exact) mass is 298 g/mol. The Kier molecular flexibility index (Phi) is 3.43. The largest absolute Gasteiger partial charge is 0.367 e. The van der Waals surface area contributed by atoms with Gasteiger partial charge in [0, 0.05) is 10.6 Å². The van der Waals surface area contributed by atoms with Gasteiger partial charge in [-0.15, -0.1) is 0 Å². The summed E-state index contributed by atoms with van der Waals surface area (Å²) in [6.45, 7) is 4.09. The van der Waals surface area contributed by atoms with Gasteiger partial charge in [0.05, 0.1) is 5.56 Å². The summed E-state index contributed by atoms with van der Waals surface area (Å²) >= 11 is 6.08. The van der Waals surface area contributed by atoms with Crippen LogP contribution in [0, 0.1) is 13.8 Å². The van der Waals surface area contributed by atoms with Crippen LogP contribution in [-0.4, -0.2) is 5.16 Å². The number of hydrogen-bond acceptors (Lipinski definition) is 3. The summed E-state index contributed by atoms with van der Waals surface area (Å²) in [5.41, 5.74) is 11.7. The lowest BCUT2D eigenvalue weighted by molar-refractivity contribution is 0.439. The van der Waals surface area contributed by atoms with Crippen LogP contribution in [0.15, 0.2) is 47.0 Å². The molecule has 0 unspecified atom stereocenters. The molecule has 0 amide bonds. The van der Waals surface area contributed by atoms with Gasteiger partial charge in [0.1, 0.15) is 5.69 Å². The van der Waals surface area contributed by atoms with E-state index in [1.54, 1.807) is 0 Å². The molecule has 4 heteroatoms. The average Bonchev–Trinajstić information content (AvgIpc) is 2.83. The highest BCUT2D eigenvalue weighted by atomic mass is 35.5. The number of nitrogens with two attached hydrogens (primary N) is 1. The number of anilines is 1. The summed E-state index contributed by atoms with van der Waals surface area (Å²) in [4.78, 5) is 0. The Morgan fingerprint density at radius 2 is 1.90 bits per heavy atom. The zero-order chi connectivity index (χ0) is 15.0. The summed E-state index contributed by atoms with van der Waals surface area (Å²) < 4.78 is 5.22. The Balaban J connectivity index is 2.24. The fourth-order valence-corrected chi connectivity index (χ4v) is 2.59. The fourth-order valence-electron chi connectivity index (χ4n) is 2.40. The quantitative estimate of drug-likeness (QED) is 0.735. The van der Waals surface area contributed by atoms with Crippen LogP contribution in [0.25, 0.3) is 22.4 Å². The van der Waals surface area contributed by atoms with Crippen molar-refractivity contribution in [2.75, 3.05) is 5.73 Å². The highest BCUT2D eigenvalue weighted by Gasteiger charge is 2.19. The topological polar surface area (TPSA) is 52.0 Å². The maximum absolute atomic E-state index is 6.08. The van der Waals surface area contributed by atoms with Crippen molar-refractivity contribution in [3.05, 3.63) is 58.6 Å². The van der Waals surface area contributed by atoms with Crippen molar-refractivity contribution in [3.63, 3.8) is 0 Å². The molecule has 0 saturated heterocycles. The van der Waals surface area contributed by atoms with Gasteiger partial charge in [-0.1, -0.05) is 46.6 Å². The number of nitrogens with zero attached hydrogens (tertiary/aromatic N) is 1. The van der Waals surface area contributed by atoms with Gasteiger partial charge < -0.3 is 10.3 Å². The van der Waals surface area contributed by atoms with E-state index in [2.05, 4.69) is 23.4 Å². The minimum absolute atomic E-state index is 0.299. The smallest absolute Gasteiger partial charge is 0.230 e. The van der Waals surface area contributed by atoms with Crippen LogP contribution in [0.5, 0.6) is 0 Å². The molecule has 0 aliphatic rings. The van der Waals surface area contributed by atoms with Crippen LogP contribution >= 0.6 is 11.6 Å². The summed E-state index contributed by atoms with van der Waals surface area (Å²) in [6.07, 6.45) is 0. The molecule has 3 aromatic rings. The van der Waals surface area contributed by atoms with E-state index in [4.69, 9.17) is 21.9 Å². The number of rotatable bonds is 2. The number of aryl methyl sites for hydroxylation is 2. The van der Waals surface area contributed by atoms with Gasteiger partial charge >= 0.3 is 0 Å². The molecule has 3 nitrogen and oxygen atoms in total. The lowest BCUT2D eigenvalue weighted by atomic mass is 9.97. The Morgan fingerprint density at radius 3 is 2.67 bits per heavy atom. The van der Waals surface area contributed by atoms with Crippen molar-refractivity contribution in [2.24, 2.45) is 0 Å². The van der Waals surface area contributed by atoms with Crippen LogP contribution in [0.3, 0.4) is 0 Å². The van der Waals surface area contributed by atoms with E-state index in [9.17, 15) is 0 Å². The second-order valence-electron chi connectivity index (χ2n) is 5.10. The van der Waals surface area contributed by atoms with Crippen molar-refractivity contribution in [2.45, 2.75) is 13.8 Å². The molecule has 0 radical (unpaired) electrons. The molecule has 106 valence electrons. The molecule has 0 bridgehead atoms. The molecule has 1 heterocycles. The normalized spacial score (nSPS) is 10.8. The van der Waals surface area contributed by atoms with E-state index in [0.29, 0.717) is 10.9 Å². The van der Waals surface area contributed by atoms with Gasteiger partial charge in [-0.3, -0.25) is 0 Å². The van der Waals surface area contributed by atoms with Gasteiger partial charge in [0.2, 0.25) is 5.88 Å². The summed E-state index contributed by atoms with van der Waals surface area (Å²) in [5, 5.41) is 4.80. The van der Waals surface area contributed by atoms with Crippen LogP contribution in [0.2, 0.25) is 5.02 Å². The first-order valence-electron chi connectivity index (χ1n) is 6.65. The molecule has 0 atom stereocenters. The molecule has 0 aliphatic heterocycles. The van der Waals surface area contributed by atoms with E-state index in [1.165, 1.54) is 0 Å². The SMILES string of the molecule is Cc1ccc(C)c(-c2noc(N)c2-c2cccc(Cl)c2)c1. The lowest BCUT2D eigenvalue weighted by Crippen LogP contribution is -1.90. The molecule has 0 fully saturated rings. The molecule has 2 aromatic carbocycles. The zero-order valence-electron chi connectivity index (χ0n) is 11.9. The first kappa shape index (κ1) is 13.7. The van der Waals surface area contributed by atoms with E-state index in [1.807, 2.05) is 38.1 Å². The van der Waals surface area contributed by atoms with E-state index in [-0.39, 0.29) is 0 Å². The predicted octanol–water partition coefficient (Wildman–Crippen LogP) is 4.86. The number of aromatic nitrogens is 1. The van der Waals surface area contributed by atoms with Gasteiger partial charge in [0.15, 0.2) is 0 Å². The van der Waals surface area contributed by atoms with Crippen LogP contribution in [0.1, 0.15) is 11.1 Å². The van der Waals surface area contributed by atoms with E-state index >= 15 is 0 Å². The fraction of sp³-hybridized carbons (Fsp3) is 0.118. The average molecular weight is 299 g/mol. The molecule has 0 spiro atoms. The van der Waals surface area contributed by atoms with Crippen LogP contribution in [-0.2, 0) is 0 Å². The summed E-state index contributed by atoms with van der Waals surface area (Å²) in [7, 11) is 0. The molecule has 3 rings (SSSR count). The molecule has 0 aliphatic carbocycles. The molecular formula is C17H15ClN2O. The Bertz CT molecular complexity index is 808. The zero-order valence-corrected chi connectivity index (χ0v) is 12.6. The second-order valence-corrected chi connectivity index (χ2v) is 5.54. The highest BCUT2D eigenvalue weighted by molar-refractivity contribution is 6.30. The number of hydrogen-bond donors (Lipinski definition) is 1. The summed E-state index contributed by atoms with van der Waals surface area (Å²) in [5.74, 6) is 0.299. The maximum Gasteiger partial charge on any atom is 0.230 e. The second kappa shape index (κ2) is 5.26. The minimum Gasteiger partial charge on any atom is -0.367 e. The molecule has 0 saturated carbocycles. The van der Waals surface area contributed by atoms with Crippen LogP contribution in [0.4, 0.5) is 5.88 Å². The van der Waals surface area contributed by atoms with Crippen LogP contribution < -0.4 is 5.73 Å². The van der Waals surface area contributed by atoms with Crippen molar-refractivity contribution in [1.82, 2.24) is 5.16 Å². The van der Waals surface area contributed by atoms with E-state index in [0.717, 1.165) is 33.5 Å². The number of benzene rings is 2. The minimum atomic E-state index is 0.299. The predicted molar refractivity (Wildman–Crippen MR) is 86.3 cm³/mol. The number of halogens is 1.